The number of hydrogen-bond donors (Lipinski definition) is 0. The van der Waals surface area contributed by atoms with Crippen molar-refractivity contribution in [3.63, 3.8) is 0 Å². The maximum Gasteiger partial charge on any atom is 0.0448 e. The number of thioether (sulfide) groups is 1. The summed E-state index contributed by atoms with van der Waals surface area (Å²) in [4.78, 5) is 2.59. The van der Waals surface area contributed by atoms with Gasteiger partial charge in [0.15, 0.2) is 0 Å². The summed E-state index contributed by atoms with van der Waals surface area (Å²) in [6.45, 7) is 2.07. The van der Waals surface area contributed by atoms with Crippen molar-refractivity contribution < 1.29 is 0 Å². The van der Waals surface area contributed by atoms with Crippen LogP contribution in [0.4, 0.5) is 0 Å². The van der Waals surface area contributed by atoms with Gasteiger partial charge >= 0.3 is 0 Å². The molecule has 0 radical (unpaired) electrons. The predicted molar refractivity (Wildman–Crippen MR) is 108 cm³/mol. The standard InChI is InChI=1S/C23H23NS/c1-4-10-20(11-5-1)16-24-17-23(18-25-19-24,21-12-6-2-7-13-21)22-14-8-3-9-15-22/h1-15H,16-19H2. The van der Waals surface area contributed by atoms with Crippen molar-refractivity contribution in [3.8, 4) is 0 Å². The monoisotopic (exact) mass is 345 g/mol. The van der Waals surface area contributed by atoms with Gasteiger partial charge in [-0.05, 0) is 16.7 Å². The summed E-state index contributed by atoms with van der Waals surface area (Å²) in [7, 11) is 0. The van der Waals surface area contributed by atoms with Gasteiger partial charge in [0.2, 0.25) is 0 Å². The first-order valence-corrected chi connectivity index (χ1v) is 9.97. The van der Waals surface area contributed by atoms with Gasteiger partial charge in [-0.25, -0.2) is 0 Å². The fourth-order valence-corrected chi connectivity index (χ4v) is 5.10. The van der Waals surface area contributed by atoms with Crippen LogP contribution < -0.4 is 0 Å². The Labute approximate surface area is 154 Å². The van der Waals surface area contributed by atoms with Gasteiger partial charge < -0.3 is 0 Å². The lowest BCUT2D eigenvalue weighted by Crippen LogP contribution is -2.47. The summed E-state index contributed by atoms with van der Waals surface area (Å²) in [5.41, 5.74) is 4.29. The van der Waals surface area contributed by atoms with Crippen LogP contribution in [-0.2, 0) is 12.0 Å². The van der Waals surface area contributed by atoms with E-state index >= 15 is 0 Å². The van der Waals surface area contributed by atoms with Gasteiger partial charge in [-0.2, -0.15) is 0 Å². The lowest BCUT2D eigenvalue weighted by atomic mass is 9.75. The van der Waals surface area contributed by atoms with Gasteiger partial charge in [0.25, 0.3) is 0 Å². The van der Waals surface area contributed by atoms with Crippen LogP contribution in [0, 0.1) is 0 Å². The molecule has 1 nitrogen and oxygen atoms in total. The van der Waals surface area contributed by atoms with Crippen LogP contribution in [0.5, 0.6) is 0 Å². The largest absolute Gasteiger partial charge is 0.289 e. The van der Waals surface area contributed by atoms with Gasteiger partial charge in [-0.1, -0.05) is 91.0 Å². The second-order valence-electron chi connectivity index (χ2n) is 6.76. The maximum absolute atomic E-state index is 2.59. The van der Waals surface area contributed by atoms with Crippen molar-refractivity contribution in [2.75, 3.05) is 18.2 Å². The molecule has 1 saturated heterocycles. The second kappa shape index (κ2) is 7.47. The maximum atomic E-state index is 2.59. The third kappa shape index (κ3) is 3.51. The highest BCUT2D eigenvalue weighted by molar-refractivity contribution is 7.99. The highest BCUT2D eigenvalue weighted by atomic mass is 32.2. The van der Waals surface area contributed by atoms with Gasteiger partial charge in [-0.3, -0.25) is 4.90 Å². The van der Waals surface area contributed by atoms with Crippen molar-refractivity contribution in [1.29, 1.82) is 0 Å². The summed E-state index contributed by atoms with van der Waals surface area (Å²) in [6, 6.07) is 32.9. The minimum Gasteiger partial charge on any atom is -0.289 e. The summed E-state index contributed by atoms with van der Waals surface area (Å²) in [5, 5.41) is 0. The molecule has 0 spiro atoms. The molecule has 1 aliphatic rings. The van der Waals surface area contributed by atoms with Crippen molar-refractivity contribution in [2.24, 2.45) is 0 Å². The zero-order valence-corrected chi connectivity index (χ0v) is 15.2. The Kier molecular flexibility index (Phi) is 4.91. The third-order valence-corrected chi connectivity index (χ3v) is 6.26. The highest BCUT2D eigenvalue weighted by Crippen LogP contribution is 2.40. The van der Waals surface area contributed by atoms with Crippen molar-refractivity contribution >= 4 is 11.8 Å². The molecule has 3 aromatic carbocycles. The molecule has 1 heterocycles. The predicted octanol–water partition coefficient (Wildman–Crippen LogP) is 5.18. The fourth-order valence-electron chi connectivity index (χ4n) is 3.80. The number of hydrogen-bond acceptors (Lipinski definition) is 2. The summed E-state index contributed by atoms with van der Waals surface area (Å²) < 4.78 is 0. The Morgan fingerprint density at radius 3 is 1.80 bits per heavy atom. The Bertz CT molecular complexity index is 747. The van der Waals surface area contributed by atoms with Crippen molar-refractivity contribution in [3.05, 3.63) is 108 Å². The zero-order valence-electron chi connectivity index (χ0n) is 14.3. The van der Waals surface area contributed by atoms with Crippen LogP contribution in [0.25, 0.3) is 0 Å². The number of benzene rings is 3. The van der Waals surface area contributed by atoms with E-state index in [1.807, 2.05) is 11.8 Å². The Morgan fingerprint density at radius 2 is 1.24 bits per heavy atom. The van der Waals surface area contributed by atoms with Crippen molar-refractivity contribution in [1.82, 2.24) is 4.90 Å². The van der Waals surface area contributed by atoms with Gasteiger partial charge in [-0.15, -0.1) is 11.8 Å². The molecule has 0 saturated carbocycles. The van der Waals surface area contributed by atoms with E-state index < -0.39 is 0 Å². The molecular weight excluding hydrogens is 322 g/mol. The normalized spacial score (nSPS) is 17.3. The molecule has 0 amide bonds. The molecule has 0 aromatic heterocycles. The molecule has 2 heteroatoms. The molecule has 1 aliphatic heterocycles. The summed E-state index contributed by atoms with van der Waals surface area (Å²) in [5.74, 6) is 2.22. The van der Waals surface area contributed by atoms with Crippen molar-refractivity contribution in [2.45, 2.75) is 12.0 Å². The molecule has 0 atom stereocenters. The first kappa shape index (κ1) is 16.4. The highest BCUT2D eigenvalue weighted by Gasteiger charge is 2.38. The van der Waals surface area contributed by atoms with Crippen LogP contribution in [0.3, 0.4) is 0 Å². The van der Waals surface area contributed by atoms with E-state index in [9.17, 15) is 0 Å². The molecule has 0 N–H and O–H groups in total. The fraction of sp³-hybridized carbons (Fsp3) is 0.217. The smallest absolute Gasteiger partial charge is 0.0448 e. The van der Waals surface area contributed by atoms with Crippen LogP contribution in [0.1, 0.15) is 16.7 Å². The van der Waals surface area contributed by atoms with Crippen LogP contribution >= 0.6 is 11.8 Å². The van der Waals surface area contributed by atoms with E-state index in [2.05, 4.69) is 95.9 Å². The van der Waals surface area contributed by atoms with E-state index in [0.29, 0.717) is 0 Å². The molecule has 0 unspecified atom stereocenters. The molecule has 1 fully saturated rings. The molecule has 0 aliphatic carbocycles. The van der Waals surface area contributed by atoms with Gasteiger partial charge in [0, 0.05) is 30.1 Å². The zero-order chi connectivity index (χ0) is 17.0. The average molecular weight is 346 g/mol. The lowest BCUT2D eigenvalue weighted by Gasteiger charge is -2.43. The van der Waals surface area contributed by atoms with Gasteiger partial charge in [0.1, 0.15) is 0 Å². The SMILES string of the molecule is c1ccc(CN2CSCC(c3ccccc3)(c3ccccc3)C2)cc1. The molecule has 0 bridgehead atoms. The summed E-state index contributed by atoms with van der Waals surface area (Å²) >= 11 is 2.04. The van der Waals surface area contributed by atoms with E-state index in [-0.39, 0.29) is 5.41 Å². The van der Waals surface area contributed by atoms with E-state index in [1.54, 1.807) is 0 Å². The minimum atomic E-state index is 0.0558. The average Bonchev–Trinajstić information content (AvgIpc) is 2.70. The van der Waals surface area contributed by atoms with Crippen LogP contribution in [0.15, 0.2) is 91.0 Å². The first-order chi connectivity index (χ1) is 12.4. The van der Waals surface area contributed by atoms with E-state index in [0.717, 1.165) is 24.7 Å². The quantitative estimate of drug-likeness (QED) is 0.641. The molecular formula is C23H23NS. The minimum absolute atomic E-state index is 0.0558. The second-order valence-corrected chi connectivity index (χ2v) is 7.72. The first-order valence-electron chi connectivity index (χ1n) is 8.82. The molecule has 25 heavy (non-hydrogen) atoms. The topological polar surface area (TPSA) is 3.24 Å². The molecule has 4 rings (SSSR count). The Balaban J connectivity index is 1.69. The Hall–Kier alpha value is -2.03. The van der Waals surface area contributed by atoms with E-state index in [1.165, 1.54) is 16.7 Å². The van der Waals surface area contributed by atoms with E-state index in [4.69, 9.17) is 0 Å². The van der Waals surface area contributed by atoms with Gasteiger partial charge in [0.05, 0.1) is 0 Å². The third-order valence-electron chi connectivity index (χ3n) is 5.02. The Morgan fingerprint density at radius 1 is 0.720 bits per heavy atom. The lowest BCUT2D eigenvalue weighted by molar-refractivity contribution is 0.253. The molecule has 126 valence electrons. The summed E-state index contributed by atoms with van der Waals surface area (Å²) in [6.07, 6.45) is 0. The number of nitrogens with zero attached hydrogens (tertiary/aromatic N) is 1. The number of rotatable bonds is 4. The molecule has 3 aromatic rings. The van der Waals surface area contributed by atoms with Crippen LogP contribution in [-0.4, -0.2) is 23.1 Å². The van der Waals surface area contributed by atoms with Crippen LogP contribution in [0.2, 0.25) is 0 Å².